The molecule has 1 aliphatic carbocycles. The number of rotatable bonds is 1. The third-order valence-electron chi connectivity index (χ3n) is 2.88. The molecule has 0 saturated heterocycles. The van der Waals surface area contributed by atoms with Crippen molar-refractivity contribution < 1.29 is 0 Å². The van der Waals surface area contributed by atoms with Crippen molar-refractivity contribution in [2.45, 2.75) is 24.8 Å². The van der Waals surface area contributed by atoms with Gasteiger partial charge in [-0.25, -0.2) is 4.98 Å². The molecule has 2 heterocycles. The summed E-state index contributed by atoms with van der Waals surface area (Å²) in [6.45, 7) is 0. The van der Waals surface area contributed by atoms with Gasteiger partial charge >= 0.3 is 0 Å². The zero-order valence-electron chi connectivity index (χ0n) is 7.72. The fourth-order valence-corrected chi connectivity index (χ4v) is 1.86. The SMILES string of the molecule is NC1(c2nnc3ncccn23)CCC1. The van der Waals surface area contributed by atoms with Crippen LogP contribution in [0.25, 0.3) is 5.78 Å². The molecule has 2 N–H and O–H groups in total. The predicted molar refractivity (Wildman–Crippen MR) is 50.5 cm³/mol. The monoisotopic (exact) mass is 189 g/mol. The molecule has 0 amide bonds. The lowest BCUT2D eigenvalue weighted by Gasteiger charge is -2.35. The van der Waals surface area contributed by atoms with Crippen molar-refractivity contribution in [3.05, 3.63) is 24.3 Å². The molecule has 1 fully saturated rings. The van der Waals surface area contributed by atoms with E-state index in [-0.39, 0.29) is 5.54 Å². The maximum Gasteiger partial charge on any atom is 0.255 e. The van der Waals surface area contributed by atoms with Gasteiger partial charge in [0, 0.05) is 12.4 Å². The molecule has 14 heavy (non-hydrogen) atoms. The molecule has 3 rings (SSSR count). The van der Waals surface area contributed by atoms with Crippen LogP contribution in [0.15, 0.2) is 18.5 Å². The highest BCUT2D eigenvalue weighted by Crippen LogP contribution is 2.37. The quantitative estimate of drug-likeness (QED) is 0.707. The smallest absolute Gasteiger partial charge is 0.255 e. The van der Waals surface area contributed by atoms with Gasteiger partial charge in [-0.15, -0.1) is 10.2 Å². The second-order valence-corrected chi connectivity index (χ2v) is 3.82. The third-order valence-corrected chi connectivity index (χ3v) is 2.88. The normalized spacial score (nSPS) is 19.5. The Kier molecular flexibility index (Phi) is 1.41. The minimum absolute atomic E-state index is 0.275. The lowest BCUT2D eigenvalue weighted by Crippen LogP contribution is -2.45. The van der Waals surface area contributed by atoms with Crippen LogP contribution in [0.1, 0.15) is 25.1 Å². The van der Waals surface area contributed by atoms with Gasteiger partial charge in [0.2, 0.25) is 0 Å². The van der Waals surface area contributed by atoms with Gasteiger partial charge in [-0.1, -0.05) is 0 Å². The van der Waals surface area contributed by atoms with Crippen LogP contribution in [0.5, 0.6) is 0 Å². The van der Waals surface area contributed by atoms with Crippen LogP contribution in [0.2, 0.25) is 0 Å². The Hall–Kier alpha value is -1.49. The summed E-state index contributed by atoms with van der Waals surface area (Å²) in [6.07, 6.45) is 6.76. The molecule has 0 atom stereocenters. The molecule has 0 bridgehead atoms. The molecule has 5 heteroatoms. The summed E-state index contributed by atoms with van der Waals surface area (Å²) in [5, 5.41) is 8.10. The molecule has 2 aromatic rings. The van der Waals surface area contributed by atoms with Crippen molar-refractivity contribution in [3.8, 4) is 0 Å². The Morgan fingerprint density at radius 2 is 2.21 bits per heavy atom. The van der Waals surface area contributed by atoms with Crippen molar-refractivity contribution in [3.63, 3.8) is 0 Å². The molecule has 0 aliphatic heterocycles. The Balaban J connectivity index is 2.22. The number of nitrogens with two attached hydrogens (primary N) is 1. The first-order valence-electron chi connectivity index (χ1n) is 4.75. The topological polar surface area (TPSA) is 69.1 Å². The van der Waals surface area contributed by atoms with Gasteiger partial charge in [0.15, 0.2) is 5.82 Å². The van der Waals surface area contributed by atoms with E-state index in [0.717, 1.165) is 18.7 Å². The summed E-state index contributed by atoms with van der Waals surface area (Å²) < 4.78 is 1.87. The zero-order chi connectivity index (χ0) is 9.60. The summed E-state index contributed by atoms with van der Waals surface area (Å²) >= 11 is 0. The van der Waals surface area contributed by atoms with Crippen LogP contribution >= 0.6 is 0 Å². The van der Waals surface area contributed by atoms with Crippen molar-refractivity contribution in [1.29, 1.82) is 0 Å². The molecular weight excluding hydrogens is 178 g/mol. The lowest BCUT2D eigenvalue weighted by molar-refractivity contribution is 0.236. The van der Waals surface area contributed by atoms with E-state index in [4.69, 9.17) is 5.73 Å². The molecule has 1 saturated carbocycles. The molecule has 5 nitrogen and oxygen atoms in total. The highest BCUT2D eigenvalue weighted by molar-refractivity contribution is 5.29. The predicted octanol–water partition coefficient (Wildman–Crippen LogP) is 0.462. The fraction of sp³-hybridized carbons (Fsp3) is 0.444. The Morgan fingerprint density at radius 3 is 2.93 bits per heavy atom. The molecule has 0 radical (unpaired) electrons. The maximum absolute atomic E-state index is 6.18. The first kappa shape index (κ1) is 7.87. The van der Waals surface area contributed by atoms with Gasteiger partial charge in [0.05, 0.1) is 5.54 Å². The molecule has 0 unspecified atom stereocenters. The highest BCUT2D eigenvalue weighted by Gasteiger charge is 2.38. The van der Waals surface area contributed by atoms with E-state index in [0.29, 0.717) is 5.78 Å². The standard InChI is InChI=1S/C9H11N5/c10-9(3-1-4-9)7-12-13-8-11-5-2-6-14(7)8/h2,5-6H,1,3-4,10H2. The van der Waals surface area contributed by atoms with Crippen molar-refractivity contribution in [2.24, 2.45) is 5.73 Å². The average molecular weight is 189 g/mol. The number of nitrogens with zero attached hydrogens (tertiary/aromatic N) is 4. The number of hydrogen-bond acceptors (Lipinski definition) is 4. The second kappa shape index (κ2) is 2.51. The molecule has 0 aromatic carbocycles. The van der Waals surface area contributed by atoms with Gasteiger partial charge in [0.1, 0.15) is 0 Å². The first-order valence-corrected chi connectivity index (χ1v) is 4.75. The number of hydrogen-bond donors (Lipinski definition) is 1. The van der Waals surface area contributed by atoms with Gasteiger partial charge in [-0.2, -0.15) is 0 Å². The summed E-state index contributed by atoms with van der Waals surface area (Å²) in [5.41, 5.74) is 5.91. The highest BCUT2D eigenvalue weighted by atomic mass is 15.3. The third kappa shape index (κ3) is 0.899. The van der Waals surface area contributed by atoms with Crippen molar-refractivity contribution >= 4 is 5.78 Å². The molecule has 0 spiro atoms. The fourth-order valence-electron chi connectivity index (χ4n) is 1.86. The summed E-state index contributed by atoms with van der Waals surface area (Å²) in [6, 6.07) is 1.86. The molecule has 1 aliphatic rings. The zero-order valence-corrected chi connectivity index (χ0v) is 7.72. The van der Waals surface area contributed by atoms with Crippen molar-refractivity contribution in [2.75, 3.05) is 0 Å². The van der Waals surface area contributed by atoms with Crippen LogP contribution in [-0.4, -0.2) is 19.6 Å². The molecular formula is C9H11N5. The first-order chi connectivity index (χ1) is 6.80. The summed E-state index contributed by atoms with van der Waals surface area (Å²) in [7, 11) is 0. The summed E-state index contributed by atoms with van der Waals surface area (Å²) in [4.78, 5) is 4.11. The number of aromatic nitrogens is 4. The Morgan fingerprint density at radius 1 is 1.36 bits per heavy atom. The van der Waals surface area contributed by atoms with Crippen LogP contribution in [-0.2, 0) is 5.54 Å². The van der Waals surface area contributed by atoms with Crippen LogP contribution < -0.4 is 5.73 Å². The van der Waals surface area contributed by atoms with Crippen molar-refractivity contribution in [1.82, 2.24) is 19.6 Å². The van der Waals surface area contributed by atoms with E-state index >= 15 is 0 Å². The molecule has 2 aromatic heterocycles. The molecule has 72 valence electrons. The van der Waals surface area contributed by atoms with Gasteiger partial charge in [0.25, 0.3) is 5.78 Å². The largest absolute Gasteiger partial charge is 0.319 e. The van der Waals surface area contributed by atoms with E-state index in [1.807, 2.05) is 16.7 Å². The summed E-state index contributed by atoms with van der Waals surface area (Å²) in [5.74, 6) is 1.46. The van der Waals surface area contributed by atoms with E-state index in [2.05, 4.69) is 15.2 Å². The Labute approximate surface area is 81.0 Å². The minimum Gasteiger partial charge on any atom is -0.319 e. The van der Waals surface area contributed by atoms with E-state index in [9.17, 15) is 0 Å². The van der Waals surface area contributed by atoms with Crippen LogP contribution in [0, 0.1) is 0 Å². The van der Waals surface area contributed by atoms with E-state index in [1.54, 1.807) is 6.20 Å². The number of fused-ring (bicyclic) bond motifs is 1. The second-order valence-electron chi connectivity index (χ2n) is 3.82. The van der Waals surface area contributed by atoms with Crippen LogP contribution in [0.4, 0.5) is 0 Å². The van der Waals surface area contributed by atoms with Gasteiger partial charge in [-0.05, 0) is 25.3 Å². The Bertz CT molecular complexity index is 471. The average Bonchev–Trinajstić information content (AvgIpc) is 2.58. The maximum atomic E-state index is 6.18. The van der Waals surface area contributed by atoms with Gasteiger partial charge < -0.3 is 5.73 Å². The van der Waals surface area contributed by atoms with E-state index in [1.165, 1.54) is 6.42 Å². The lowest BCUT2D eigenvalue weighted by atomic mass is 9.77. The van der Waals surface area contributed by atoms with Crippen LogP contribution in [0.3, 0.4) is 0 Å². The minimum atomic E-state index is -0.275. The van der Waals surface area contributed by atoms with E-state index < -0.39 is 0 Å². The van der Waals surface area contributed by atoms with Gasteiger partial charge in [-0.3, -0.25) is 4.40 Å².